The summed E-state index contributed by atoms with van der Waals surface area (Å²) in [5.74, 6) is 1.74. The van der Waals surface area contributed by atoms with E-state index < -0.39 is 0 Å². The number of aryl methyl sites for hydroxylation is 2. The van der Waals surface area contributed by atoms with Crippen LogP contribution in [0.1, 0.15) is 21.9 Å². The molecule has 7 heteroatoms. The summed E-state index contributed by atoms with van der Waals surface area (Å²) in [6.07, 6.45) is 3.75. The van der Waals surface area contributed by atoms with Gasteiger partial charge in [0, 0.05) is 37.6 Å². The van der Waals surface area contributed by atoms with Gasteiger partial charge in [0.2, 0.25) is 0 Å². The smallest absolute Gasteiger partial charge is 0.190 e. The van der Waals surface area contributed by atoms with Crippen LogP contribution in [0.4, 0.5) is 0 Å². The molecule has 2 N–H and O–H groups in total. The second-order valence-electron chi connectivity index (χ2n) is 5.56. The summed E-state index contributed by atoms with van der Waals surface area (Å²) in [6, 6.07) is 8.12. The number of guanidine groups is 1. The van der Waals surface area contributed by atoms with Crippen LogP contribution in [0.15, 0.2) is 35.5 Å². The third kappa shape index (κ3) is 8.53. The largest absolute Gasteiger partial charge is 0.494 e. The predicted molar refractivity (Wildman–Crippen MR) is 117 cm³/mol. The summed E-state index contributed by atoms with van der Waals surface area (Å²) in [4.78, 5) is 9.84. The molecular formula is C18H27IN4OS. The molecule has 0 radical (unpaired) electrons. The lowest BCUT2D eigenvalue weighted by Gasteiger charge is -2.11. The molecule has 0 aliphatic heterocycles. The van der Waals surface area contributed by atoms with Crippen molar-refractivity contribution in [1.82, 2.24) is 15.6 Å². The Labute approximate surface area is 171 Å². The zero-order valence-corrected chi connectivity index (χ0v) is 18.2. The molecule has 1 aromatic carbocycles. The maximum Gasteiger partial charge on any atom is 0.190 e. The van der Waals surface area contributed by atoms with Gasteiger partial charge in [-0.3, -0.25) is 4.99 Å². The molecule has 25 heavy (non-hydrogen) atoms. The van der Waals surface area contributed by atoms with Crippen molar-refractivity contribution in [2.45, 2.75) is 26.7 Å². The molecule has 2 rings (SSSR count). The Morgan fingerprint density at radius 2 is 1.88 bits per heavy atom. The maximum atomic E-state index is 5.71. The van der Waals surface area contributed by atoms with Gasteiger partial charge < -0.3 is 15.4 Å². The van der Waals surface area contributed by atoms with Crippen molar-refractivity contribution in [3.05, 3.63) is 45.9 Å². The molecule has 0 bridgehead atoms. The molecule has 1 heterocycles. The van der Waals surface area contributed by atoms with Crippen LogP contribution in [0.5, 0.6) is 5.75 Å². The zero-order chi connectivity index (χ0) is 17.2. The number of hydrogen-bond acceptors (Lipinski definition) is 4. The highest BCUT2D eigenvalue weighted by atomic mass is 127. The standard InChI is InChI=1S/C18H26N4OS.HI/c1-14-5-7-16(8-6-14)23-12-4-10-20-18(19-3)21-11-9-17-22-13-15(2)24-17;/h5-8,13H,4,9-12H2,1-3H3,(H2,19,20,21);1H. The van der Waals surface area contributed by atoms with E-state index in [1.54, 1.807) is 18.4 Å². The van der Waals surface area contributed by atoms with Gasteiger partial charge in [-0.2, -0.15) is 0 Å². The Hall–Kier alpha value is -1.35. The highest BCUT2D eigenvalue weighted by Gasteiger charge is 2.01. The van der Waals surface area contributed by atoms with Crippen LogP contribution in [0.3, 0.4) is 0 Å². The SMILES string of the molecule is CN=C(NCCCOc1ccc(C)cc1)NCCc1ncc(C)s1.I. The Morgan fingerprint density at radius 3 is 2.52 bits per heavy atom. The van der Waals surface area contributed by atoms with E-state index in [1.807, 2.05) is 18.3 Å². The van der Waals surface area contributed by atoms with Gasteiger partial charge in [0.05, 0.1) is 11.6 Å². The molecule has 0 aliphatic rings. The first-order chi connectivity index (χ1) is 11.7. The molecule has 0 aliphatic carbocycles. The van der Waals surface area contributed by atoms with Crippen LogP contribution in [-0.2, 0) is 6.42 Å². The molecule has 0 amide bonds. The van der Waals surface area contributed by atoms with E-state index in [0.717, 1.165) is 42.6 Å². The molecule has 2 aromatic rings. The Balaban J connectivity index is 0.00000312. The van der Waals surface area contributed by atoms with E-state index >= 15 is 0 Å². The molecule has 5 nitrogen and oxygen atoms in total. The van der Waals surface area contributed by atoms with E-state index in [1.165, 1.54) is 10.4 Å². The molecule has 0 spiro atoms. The average molecular weight is 474 g/mol. The summed E-state index contributed by atoms with van der Waals surface area (Å²) in [7, 11) is 1.78. The van der Waals surface area contributed by atoms with Crippen molar-refractivity contribution >= 4 is 41.3 Å². The third-order valence-corrected chi connectivity index (χ3v) is 4.40. The lowest BCUT2D eigenvalue weighted by Crippen LogP contribution is -2.39. The molecule has 0 saturated carbocycles. The van der Waals surface area contributed by atoms with Crippen molar-refractivity contribution in [2.24, 2.45) is 4.99 Å². The van der Waals surface area contributed by atoms with Gasteiger partial charge in [-0.25, -0.2) is 4.98 Å². The number of ether oxygens (including phenoxy) is 1. The van der Waals surface area contributed by atoms with Gasteiger partial charge in [0.15, 0.2) is 5.96 Å². The monoisotopic (exact) mass is 474 g/mol. The van der Waals surface area contributed by atoms with Crippen LogP contribution in [0.25, 0.3) is 0 Å². The second kappa shape index (κ2) is 12.1. The number of rotatable bonds is 8. The number of halogens is 1. The first kappa shape index (κ1) is 21.7. The van der Waals surface area contributed by atoms with Gasteiger partial charge in [-0.15, -0.1) is 35.3 Å². The van der Waals surface area contributed by atoms with E-state index in [-0.39, 0.29) is 24.0 Å². The van der Waals surface area contributed by atoms with E-state index in [9.17, 15) is 0 Å². The quantitative estimate of drug-likeness (QED) is 0.266. The van der Waals surface area contributed by atoms with Crippen LogP contribution >= 0.6 is 35.3 Å². The number of aliphatic imine (C=N–C) groups is 1. The fourth-order valence-electron chi connectivity index (χ4n) is 2.13. The Morgan fingerprint density at radius 1 is 1.16 bits per heavy atom. The van der Waals surface area contributed by atoms with Gasteiger partial charge in [-0.1, -0.05) is 17.7 Å². The van der Waals surface area contributed by atoms with Crippen LogP contribution in [0, 0.1) is 13.8 Å². The maximum absolute atomic E-state index is 5.71. The average Bonchev–Trinajstić information content (AvgIpc) is 3.00. The van der Waals surface area contributed by atoms with Gasteiger partial charge >= 0.3 is 0 Å². The van der Waals surface area contributed by atoms with Crippen LogP contribution in [-0.4, -0.2) is 37.7 Å². The molecule has 0 unspecified atom stereocenters. The van der Waals surface area contributed by atoms with Gasteiger partial charge in [0.25, 0.3) is 0 Å². The van der Waals surface area contributed by atoms with Crippen LogP contribution in [0.2, 0.25) is 0 Å². The number of benzene rings is 1. The number of aromatic nitrogens is 1. The summed E-state index contributed by atoms with van der Waals surface area (Å²) < 4.78 is 5.71. The lowest BCUT2D eigenvalue weighted by molar-refractivity contribution is 0.311. The number of thiazole rings is 1. The van der Waals surface area contributed by atoms with Gasteiger partial charge in [0.1, 0.15) is 5.75 Å². The van der Waals surface area contributed by atoms with Crippen LogP contribution < -0.4 is 15.4 Å². The first-order valence-corrected chi connectivity index (χ1v) is 9.04. The first-order valence-electron chi connectivity index (χ1n) is 8.22. The minimum absolute atomic E-state index is 0. The highest BCUT2D eigenvalue weighted by Crippen LogP contribution is 2.11. The van der Waals surface area contributed by atoms with E-state index in [4.69, 9.17) is 4.74 Å². The zero-order valence-electron chi connectivity index (χ0n) is 15.0. The topological polar surface area (TPSA) is 58.5 Å². The van der Waals surface area contributed by atoms with Crippen molar-refractivity contribution in [1.29, 1.82) is 0 Å². The summed E-state index contributed by atoms with van der Waals surface area (Å²) in [5, 5.41) is 7.76. The lowest BCUT2D eigenvalue weighted by atomic mass is 10.2. The Bertz CT molecular complexity index is 643. The summed E-state index contributed by atoms with van der Waals surface area (Å²) >= 11 is 1.74. The van der Waals surface area contributed by atoms with E-state index in [0.29, 0.717) is 6.61 Å². The Kier molecular flexibility index (Phi) is 10.5. The third-order valence-electron chi connectivity index (χ3n) is 3.43. The van der Waals surface area contributed by atoms with E-state index in [2.05, 4.69) is 46.6 Å². The summed E-state index contributed by atoms with van der Waals surface area (Å²) in [6.45, 7) is 6.48. The molecule has 0 atom stereocenters. The van der Waals surface area contributed by atoms with Crippen molar-refractivity contribution in [3.8, 4) is 5.75 Å². The fraction of sp³-hybridized carbons (Fsp3) is 0.444. The number of hydrogen-bond donors (Lipinski definition) is 2. The fourth-order valence-corrected chi connectivity index (χ4v) is 2.92. The van der Waals surface area contributed by atoms with Gasteiger partial charge in [-0.05, 0) is 32.4 Å². The van der Waals surface area contributed by atoms with Crippen molar-refractivity contribution < 1.29 is 4.74 Å². The second-order valence-corrected chi connectivity index (χ2v) is 6.87. The highest BCUT2D eigenvalue weighted by molar-refractivity contribution is 14.0. The van der Waals surface area contributed by atoms with Crippen molar-refractivity contribution in [3.63, 3.8) is 0 Å². The predicted octanol–water partition coefficient (Wildman–Crippen LogP) is 3.55. The van der Waals surface area contributed by atoms with Crippen molar-refractivity contribution in [2.75, 3.05) is 26.7 Å². The molecular weight excluding hydrogens is 447 g/mol. The number of nitrogens with one attached hydrogen (secondary N) is 2. The molecule has 0 saturated heterocycles. The minimum Gasteiger partial charge on any atom is -0.494 e. The molecule has 1 aromatic heterocycles. The molecule has 0 fully saturated rings. The minimum atomic E-state index is 0. The normalized spacial score (nSPS) is 10.9. The molecule has 138 valence electrons. The summed E-state index contributed by atoms with van der Waals surface area (Å²) in [5.41, 5.74) is 1.24. The number of nitrogens with zero attached hydrogens (tertiary/aromatic N) is 2.